The number of ether oxygens (including phenoxy) is 1. The van der Waals surface area contributed by atoms with E-state index in [0.29, 0.717) is 6.42 Å². The fraction of sp³-hybridized carbons (Fsp3) is 0.545. The molecule has 2 rings (SSSR count). The molecule has 4 nitrogen and oxygen atoms in total. The van der Waals surface area contributed by atoms with E-state index >= 15 is 0 Å². The molecule has 18 heavy (non-hydrogen) atoms. The maximum Gasteiger partial charge on any atom is 0.306 e. The fourth-order valence-electron chi connectivity index (χ4n) is 1.58. The molecule has 0 aromatic carbocycles. The second-order valence-corrected chi connectivity index (χ2v) is 6.49. The molecule has 1 fully saturated rings. The Hall–Kier alpha value is -0.330. The number of hydrogen-bond acceptors (Lipinski definition) is 5. The monoisotopic (exact) mass is 350 g/mol. The van der Waals surface area contributed by atoms with Gasteiger partial charge in [0.15, 0.2) is 0 Å². The van der Waals surface area contributed by atoms with Gasteiger partial charge in [-0.15, -0.1) is 11.8 Å². The third-order valence-corrected chi connectivity index (χ3v) is 5.27. The molecular formula is C11H12BrClN2O2S. The molecule has 98 valence electrons. The van der Waals surface area contributed by atoms with Crippen LogP contribution in [0.2, 0.25) is 5.28 Å². The fourth-order valence-corrected chi connectivity index (χ4v) is 3.47. The highest BCUT2D eigenvalue weighted by Gasteiger charge is 2.44. The van der Waals surface area contributed by atoms with Crippen molar-refractivity contribution >= 4 is 45.3 Å². The first kappa shape index (κ1) is 14.1. The Morgan fingerprint density at radius 1 is 1.67 bits per heavy atom. The molecule has 0 unspecified atom stereocenters. The van der Waals surface area contributed by atoms with E-state index in [4.69, 9.17) is 16.3 Å². The van der Waals surface area contributed by atoms with Crippen molar-refractivity contribution in [3.63, 3.8) is 0 Å². The molecule has 1 aromatic heterocycles. The smallest absolute Gasteiger partial charge is 0.306 e. The molecule has 0 atom stereocenters. The van der Waals surface area contributed by atoms with Crippen LogP contribution in [0.15, 0.2) is 15.7 Å². The molecular weight excluding hydrogens is 340 g/mol. The number of esters is 1. The van der Waals surface area contributed by atoms with Gasteiger partial charge < -0.3 is 4.74 Å². The Morgan fingerprint density at radius 3 is 3.00 bits per heavy atom. The molecule has 1 aliphatic rings. The van der Waals surface area contributed by atoms with Crippen LogP contribution in [0.4, 0.5) is 0 Å². The quantitative estimate of drug-likeness (QED) is 0.352. The van der Waals surface area contributed by atoms with Gasteiger partial charge in [-0.25, -0.2) is 9.97 Å². The van der Waals surface area contributed by atoms with E-state index in [9.17, 15) is 4.79 Å². The highest BCUT2D eigenvalue weighted by Crippen LogP contribution is 2.52. The van der Waals surface area contributed by atoms with Crippen LogP contribution in [0.25, 0.3) is 0 Å². The van der Waals surface area contributed by atoms with Crippen molar-refractivity contribution in [1.29, 1.82) is 0 Å². The third kappa shape index (κ3) is 3.59. The number of rotatable bonds is 5. The number of aromatic nitrogens is 2. The molecule has 7 heteroatoms. The van der Waals surface area contributed by atoms with E-state index in [2.05, 4.69) is 25.9 Å². The van der Waals surface area contributed by atoms with E-state index in [-0.39, 0.29) is 16.7 Å². The average Bonchev–Trinajstić information content (AvgIpc) is 3.10. The van der Waals surface area contributed by atoms with Crippen LogP contribution in [-0.4, -0.2) is 28.8 Å². The number of thioether (sulfide) groups is 1. The normalized spacial score (nSPS) is 16.4. The van der Waals surface area contributed by atoms with Gasteiger partial charge in [-0.2, -0.15) is 0 Å². The summed E-state index contributed by atoms with van der Waals surface area (Å²) in [6.07, 6.45) is 4.24. The lowest BCUT2D eigenvalue weighted by Crippen LogP contribution is -2.13. The minimum atomic E-state index is -0.145. The summed E-state index contributed by atoms with van der Waals surface area (Å²) in [4.78, 5) is 19.4. The molecule has 1 aliphatic carbocycles. The van der Waals surface area contributed by atoms with E-state index < -0.39 is 0 Å². The average molecular weight is 352 g/mol. The summed E-state index contributed by atoms with van der Waals surface area (Å²) in [5.41, 5.74) is 0.0780. The molecule has 1 aromatic rings. The van der Waals surface area contributed by atoms with Crippen LogP contribution in [0, 0.1) is 5.41 Å². The molecule has 0 saturated heterocycles. The Balaban J connectivity index is 1.95. The van der Waals surface area contributed by atoms with Gasteiger partial charge in [0.1, 0.15) is 5.03 Å². The Bertz CT molecular complexity index is 468. The van der Waals surface area contributed by atoms with Crippen LogP contribution in [0.5, 0.6) is 0 Å². The predicted octanol–water partition coefficient (Wildman–Crippen LogP) is 3.33. The topological polar surface area (TPSA) is 52.1 Å². The highest BCUT2D eigenvalue weighted by molar-refractivity contribution is 9.10. The van der Waals surface area contributed by atoms with Gasteiger partial charge in [0.25, 0.3) is 0 Å². The van der Waals surface area contributed by atoms with Crippen molar-refractivity contribution < 1.29 is 9.53 Å². The number of carbonyl (C=O) groups excluding carboxylic acids is 1. The SMILES string of the molecule is COC(=O)CC1(CSc2nc(Cl)ncc2Br)CC1. The molecule has 1 heterocycles. The summed E-state index contributed by atoms with van der Waals surface area (Å²) in [6.45, 7) is 0. The maximum absolute atomic E-state index is 11.3. The van der Waals surface area contributed by atoms with E-state index in [0.717, 1.165) is 28.1 Å². The summed E-state index contributed by atoms with van der Waals surface area (Å²) in [7, 11) is 1.42. The standard InChI is InChI=1S/C11H12BrClN2O2S/c1-17-8(16)4-11(2-3-11)6-18-9-7(12)5-14-10(13)15-9/h5H,2-4,6H2,1H3. The van der Waals surface area contributed by atoms with Crippen molar-refractivity contribution in [2.24, 2.45) is 5.41 Å². The van der Waals surface area contributed by atoms with Gasteiger partial charge in [-0.3, -0.25) is 4.79 Å². The maximum atomic E-state index is 11.3. The van der Waals surface area contributed by atoms with Crippen molar-refractivity contribution in [2.75, 3.05) is 12.9 Å². The summed E-state index contributed by atoms with van der Waals surface area (Å²) < 4.78 is 5.54. The lowest BCUT2D eigenvalue weighted by Gasteiger charge is -2.13. The zero-order valence-corrected chi connectivity index (χ0v) is 12.9. The van der Waals surface area contributed by atoms with E-state index in [1.54, 1.807) is 18.0 Å². The van der Waals surface area contributed by atoms with Crippen molar-refractivity contribution in [2.45, 2.75) is 24.3 Å². The summed E-state index contributed by atoms with van der Waals surface area (Å²) in [5, 5.41) is 1.05. The zero-order chi connectivity index (χ0) is 13.2. The van der Waals surface area contributed by atoms with Gasteiger partial charge in [0.05, 0.1) is 18.0 Å². The van der Waals surface area contributed by atoms with Crippen LogP contribution in [0.3, 0.4) is 0 Å². The summed E-state index contributed by atoms with van der Waals surface area (Å²) in [6, 6.07) is 0. The minimum Gasteiger partial charge on any atom is -0.469 e. The number of nitrogens with zero attached hydrogens (tertiary/aromatic N) is 2. The lowest BCUT2D eigenvalue weighted by atomic mass is 10.1. The molecule has 0 amide bonds. The van der Waals surface area contributed by atoms with Crippen LogP contribution >= 0.6 is 39.3 Å². The molecule has 0 N–H and O–H groups in total. The first-order valence-corrected chi connectivity index (χ1v) is 7.58. The number of hydrogen-bond donors (Lipinski definition) is 0. The summed E-state index contributed by atoms with van der Waals surface area (Å²) in [5.74, 6) is 0.696. The second-order valence-electron chi connectivity index (χ2n) is 4.33. The number of carbonyl (C=O) groups is 1. The van der Waals surface area contributed by atoms with Crippen molar-refractivity contribution in [3.05, 3.63) is 16.0 Å². The Kier molecular flexibility index (Phi) is 4.50. The number of halogens is 2. The third-order valence-electron chi connectivity index (χ3n) is 2.90. The summed E-state index contributed by atoms with van der Waals surface area (Å²) >= 11 is 10.7. The Morgan fingerprint density at radius 2 is 2.39 bits per heavy atom. The largest absolute Gasteiger partial charge is 0.469 e. The lowest BCUT2D eigenvalue weighted by molar-refractivity contribution is -0.141. The zero-order valence-electron chi connectivity index (χ0n) is 9.78. The van der Waals surface area contributed by atoms with E-state index in [1.165, 1.54) is 7.11 Å². The van der Waals surface area contributed by atoms with E-state index in [1.807, 2.05) is 0 Å². The molecule has 0 radical (unpaired) electrons. The van der Waals surface area contributed by atoms with Gasteiger partial charge >= 0.3 is 5.97 Å². The molecule has 1 saturated carbocycles. The predicted molar refractivity (Wildman–Crippen MR) is 73.8 cm³/mol. The minimum absolute atomic E-state index is 0.0780. The molecule has 0 bridgehead atoms. The second kappa shape index (κ2) is 5.75. The first-order valence-electron chi connectivity index (χ1n) is 5.42. The number of methoxy groups -OCH3 is 1. The van der Waals surface area contributed by atoms with Gasteiger partial charge in [-0.1, -0.05) is 0 Å². The molecule has 0 spiro atoms. The van der Waals surface area contributed by atoms with Gasteiger partial charge in [0.2, 0.25) is 5.28 Å². The first-order chi connectivity index (χ1) is 8.54. The van der Waals surface area contributed by atoms with Crippen LogP contribution in [-0.2, 0) is 9.53 Å². The van der Waals surface area contributed by atoms with Crippen LogP contribution < -0.4 is 0 Å². The van der Waals surface area contributed by atoms with Gasteiger partial charge in [-0.05, 0) is 45.8 Å². The van der Waals surface area contributed by atoms with Crippen LogP contribution in [0.1, 0.15) is 19.3 Å². The van der Waals surface area contributed by atoms with Crippen molar-refractivity contribution in [3.8, 4) is 0 Å². The molecule has 0 aliphatic heterocycles. The van der Waals surface area contributed by atoms with Gasteiger partial charge in [0, 0.05) is 11.9 Å². The van der Waals surface area contributed by atoms with Crippen molar-refractivity contribution in [1.82, 2.24) is 9.97 Å². The Labute approximate surface area is 123 Å². The highest BCUT2D eigenvalue weighted by atomic mass is 79.9.